The highest BCUT2D eigenvalue weighted by Crippen LogP contribution is 2.20. The van der Waals surface area contributed by atoms with Gasteiger partial charge < -0.3 is 14.5 Å². The Morgan fingerprint density at radius 1 is 1.20 bits per heavy atom. The summed E-state index contributed by atoms with van der Waals surface area (Å²) in [4.78, 5) is 27.6. The van der Waals surface area contributed by atoms with Gasteiger partial charge in [-0.3, -0.25) is 10.1 Å². The zero-order chi connectivity index (χ0) is 17.8. The van der Waals surface area contributed by atoms with Crippen LogP contribution >= 0.6 is 0 Å². The number of pyridine rings is 1. The molecule has 2 aromatic rings. The zero-order valence-corrected chi connectivity index (χ0v) is 14.3. The van der Waals surface area contributed by atoms with Crippen molar-refractivity contribution < 1.29 is 9.66 Å². The standard InChI is InChI=1S/C16H20N6O3/c1-3-25-15-10-12(2)18-16(19-15)21-8-6-20(7-9-21)14-5-4-13(11-17-14)22(23)24/h4-5,10-11H,3,6-9H2,1-2H3. The van der Waals surface area contributed by atoms with Crippen LogP contribution in [0.2, 0.25) is 0 Å². The van der Waals surface area contributed by atoms with Gasteiger partial charge in [0.1, 0.15) is 12.0 Å². The SMILES string of the molecule is CCOc1cc(C)nc(N2CCN(c3ccc([N+](=O)[O-])cn3)CC2)n1. The van der Waals surface area contributed by atoms with E-state index in [0.29, 0.717) is 18.4 Å². The summed E-state index contributed by atoms with van der Waals surface area (Å²) in [5.74, 6) is 2.00. The minimum absolute atomic E-state index is 0.000926. The van der Waals surface area contributed by atoms with Crippen molar-refractivity contribution in [3.05, 3.63) is 40.2 Å². The number of ether oxygens (including phenoxy) is 1. The summed E-state index contributed by atoms with van der Waals surface area (Å²) in [5.41, 5.74) is 0.868. The number of hydrogen-bond acceptors (Lipinski definition) is 8. The molecular formula is C16H20N6O3. The second kappa shape index (κ2) is 7.29. The average Bonchev–Trinajstić information content (AvgIpc) is 2.62. The van der Waals surface area contributed by atoms with Crippen LogP contribution in [-0.2, 0) is 0 Å². The maximum Gasteiger partial charge on any atom is 0.287 e. The summed E-state index contributed by atoms with van der Waals surface area (Å²) in [6.45, 7) is 7.38. The van der Waals surface area contributed by atoms with E-state index < -0.39 is 4.92 Å². The van der Waals surface area contributed by atoms with Crippen LogP contribution < -0.4 is 14.5 Å². The molecule has 3 rings (SSSR count). The lowest BCUT2D eigenvalue weighted by atomic mass is 10.3. The van der Waals surface area contributed by atoms with E-state index in [1.54, 1.807) is 6.07 Å². The minimum atomic E-state index is -0.445. The molecule has 0 aromatic carbocycles. The number of hydrogen-bond donors (Lipinski definition) is 0. The van der Waals surface area contributed by atoms with Gasteiger partial charge in [-0.15, -0.1) is 0 Å². The molecule has 1 aliphatic rings. The Hall–Kier alpha value is -2.97. The molecule has 1 fully saturated rings. The zero-order valence-electron chi connectivity index (χ0n) is 14.3. The first-order chi connectivity index (χ1) is 12.1. The number of nitrogens with zero attached hydrogens (tertiary/aromatic N) is 6. The third-order valence-corrected chi connectivity index (χ3v) is 3.94. The highest BCUT2D eigenvalue weighted by atomic mass is 16.6. The lowest BCUT2D eigenvalue weighted by Gasteiger charge is -2.35. The van der Waals surface area contributed by atoms with Gasteiger partial charge in [0.15, 0.2) is 0 Å². The van der Waals surface area contributed by atoms with E-state index in [9.17, 15) is 10.1 Å². The monoisotopic (exact) mass is 344 g/mol. The molecule has 1 saturated heterocycles. The number of nitro groups is 1. The third kappa shape index (κ3) is 3.93. The Bertz CT molecular complexity index is 744. The molecule has 0 amide bonds. The number of piperazine rings is 1. The predicted octanol–water partition coefficient (Wildman–Crippen LogP) is 1.81. The van der Waals surface area contributed by atoms with Crippen LogP contribution in [0.5, 0.6) is 5.88 Å². The van der Waals surface area contributed by atoms with E-state index in [0.717, 1.165) is 37.7 Å². The van der Waals surface area contributed by atoms with E-state index in [-0.39, 0.29) is 5.69 Å². The Balaban J connectivity index is 1.66. The Kier molecular flexibility index (Phi) is 4.92. The summed E-state index contributed by atoms with van der Waals surface area (Å²) in [6, 6.07) is 4.99. The van der Waals surface area contributed by atoms with Gasteiger partial charge in [-0.2, -0.15) is 4.98 Å². The van der Waals surface area contributed by atoms with Gasteiger partial charge >= 0.3 is 0 Å². The number of aromatic nitrogens is 3. The van der Waals surface area contributed by atoms with Crippen molar-refractivity contribution in [2.24, 2.45) is 0 Å². The second-order valence-electron chi connectivity index (χ2n) is 5.69. The second-order valence-corrected chi connectivity index (χ2v) is 5.69. The first-order valence-corrected chi connectivity index (χ1v) is 8.15. The van der Waals surface area contributed by atoms with Crippen LogP contribution in [0.4, 0.5) is 17.5 Å². The number of rotatable bonds is 5. The van der Waals surface area contributed by atoms with Gasteiger partial charge in [-0.05, 0) is 19.9 Å². The fraction of sp³-hybridized carbons (Fsp3) is 0.438. The quantitative estimate of drug-likeness (QED) is 0.598. The highest BCUT2D eigenvalue weighted by molar-refractivity contribution is 5.45. The maximum atomic E-state index is 10.7. The normalized spacial score (nSPS) is 14.5. The van der Waals surface area contributed by atoms with Crippen LogP contribution in [-0.4, -0.2) is 52.7 Å². The van der Waals surface area contributed by atoms with Crippen LogP contribution in [0, 0.1) is 17.0 Å². The van der Waals surface area contributed by atoms with Crippen LogP contribution in [0.3, 0.4) is 0 Å². The summed E-state index contributed by atoms with van der Waals surface area (Å²) >= 11 is 0. The van der Waals surface area contributed by atoms with Crippen molar-refractivity contribution in [2.75, 3.05) is 42.6 Å². The summed E-state index contributed by atoms with van der Waals surface area (Å²) in [6.07, 6.45) is 1.29. The van der Waals surface area contributed by atoms with Gasteiger partial charge in [0.2, 0.25) is 11.8 Å². The Morgan fingerprint density at radius 3 is 2.52 bits per heavy atom. The molecule has 0 spiro atoms. The molecule has 0 saturated carbocycles. The Labute approximate surface area is 145 Å². The molecule has 3 heterocycles. The van der Waals surface area contributed by atoms with Crippen LogP contribution in [0.15, 0.2) is 24.4 Å². The third-order valence-electron chi connectivity index (χ3n) is 3.94. The maximum absolute atomic E-state index is 10.7. The smallest absolute Gasteiger partial charge is 0.287 e. The van der Waals surface area contributed by atoms with Crippen molar-refractivity contribution in [1.29, 1.82) is 0 Å². The molecule has 1 aliphatic heterocycles. The molecule has 9 heteroatoms. The summed E-state index contributed by atoms with van der Waals surface area (Å²) in [7, 11) is 0. The highest BCUT2D eigenvalue weighted by Gasteiger charge is 2.21. The molecule has 0 atom stereocenters. The number of aryl methyl sites for hydroxylation is 1. The Morgan fingerprint density at radius 2 is 1.92 bits per heavy atom. The summed E-state index contributed by atoms with van der Waals surface area (Å²) < 4.78 is 5.49. The predicted molar refractivity (Wildman–Crippen MR) is 93.3 cm³/mol. The van der Waals surface area contributed by atoms with Gasteiger partial charge in [0.25, 0.3) is 5.69 Å². The average molecular weight is 344 g/mol. The van der Waals surface area contributed by atoms with E-state index >= 15 is 0 Å². The first kappa shape index (κ1) is 16.9. The molecule has 9 nitrogen and oxygen atoms in total. The van der Waals surface area contributed by atoms with E-state index in [1.165, 1.54) is 12.3 Å². The van der Waals surface area contributed by atoms with Crippen LogP contribution in [0.1, 0.15) is 12.6 Å². The molecular weight excluding hydrogens is 324 g/mol. The van der Waals surface area contributed by atoms with Crippen molar-refractivity contribution in [2.45, 2.75) is 13.8 Å². The molecule has 0 unspecified atom stereocenters. The molecule has 132 valence electrons. The van der Waals surface area contributed by atoms with Crippen molar-refractivity contribution in [1.82, 2.24) is 15.0 Å². The van der Waals surface area contributed by atoms with Crippen molar-refractivity contribution in [3.63, 3.8) is 0 Å². The molecule has 2 aromatic heterocycles. The molecule has 0 bridgehead atoms. The van der Waals surface area contributed by atoms with Gasteiger partial charge in [-0.25, -0.2) is 9.97 Å². The van der Waals surface area contributed by atoms with Crippen LogP contribution in [0.25, 0.3) is 0 Å². The minimum Gasteiger partial charge on any atom is -0.478 e. The molecule has 0 radical (unpaired) electrons. The fourth-order valence-electron chi connectivity index (χ4n) is 2.70. The van der Waals surface area contributed by atoms with E-state index in [2.05, 4.69) is 24.8 Å². The fourth-order valence-corrected chi connectivity index (χ4v) is 2.70. The topological polar surface area (TPSA) is 97.5 Å². The number of anilines is 2. The largest absolute Gasteiger partial charge is 0.478 e. The molecule has 0 aliphatic carbocycles. The molecule has 25 heavy (non-hydrogen) atoms. The van der Waals surface area contributed by atoms with E-state index in [4.69, 9.17) is 4.74 Å². The van der Waals surface area contributed by atoms with E-state index in [1.807, 2.05) is 19.9 Å². The van der Waals surface area contributed by atoms with Gasteiger partial charge in [0, 0.05) is 44.0 Å². The van der Waals surface area contributed by atoms with Gasteiger partial charge in [0.05, 0.1) is 11.5 Å². The summed E-state index contributed by atoms with van der Waals surface area (Å²) in [5, 5.41) is 10.7. The lowest BCUT2D eigenvalue weighted by Crippen LogP contribution is -2.47. The lowest BCUT2D eigenvalue weighted by molar-refractivity contribution is -0.385. The molecule has 0 N–H and O–H groups in total. The van der Waals surface area contributed by atoms with Gasteiger partial charge in [-0.1, -0.05) is 0 Å². The van der Waals surface area contributed by atoms with Crippen molar-refractivity contribution >= 4 is 17.5 Å². The first-order valence-electron chi connectivity index (χ1n) is 8.15. The van der Waals surface area contributed by atoms with Crippen molar-refractivity contribution in [3.8, 4) is 5.88 Å².